The summed E-state index contributed by atoms with van der Waals surface area (Å²) in [6, 6.07) is 11.9. The standard InChI is InChI=1S/C42H38O20/c43-11-23-31(47)35(51)37(53)41(61-23)59-21-5-1-3-15-25(17-7-13(39(55)56)9-19(45)27(17)33(49)29(15)21)26-16-4-2-6-22(60-42-38(54)36(52)32(48)24(12-44)62-42)30(16)34(50)28-18(26)8-14(40(57)58)10-20(28)46/h1-10,23-26,31-32,35-38,41-48,51-54H,11-12H2,(H,55,56)(H,57,58)/t23-,24-,25?,26?,31-,32?,35-,36?,37-,38-,41-,42-/m1/s1. The molecule has 0 radical (unpaired) electrons. The van der Waals surface area contributed by atoms with E-state index in [0.717, 1.165) is 24.3 Å². The number of aromatic hydroxyl groups is 2. The third-order valence-corrected chi connectivity index (χ3v) is 11.7. The van der Waals surface area contributed by atoms with Gasteiger partial charge in [0.25, 0.3) is 0 Å². The van der Waals surface area contributed by atoms with E-state index < -0.39 is 144 Å². The highest BCUT2D eigenvalue weighted by molar-refractivity contribution is 6.18. The van der Waals surface area contributed by atoms with E-state index in [-0.39, 0.29) is 44.9 Å². The van der Waals surface area contributed by atoms with Crippen LogP contribution in [0.2, 0.25) is 0 Å². The molecule has 2 heterocycles. The van der Waals surface area contributed by atoms with Gasteiger partial charge >= 0.3 is 11.9 Å². The number of carboxylic acids is 2. The summed E-state index contributed by atoms with van der Waals surface area (Å²) in [5, 5.41) is 126. The van der Waals surface area contributed by atoms with Crippen LogP contribution in [0.3, 0.4) is 0 Å². The number of phenols is 2. The lowest BCUT2D eigenvalue weighted by atomic mass is 9.63. The van der Waals surface area contributed by atoms with Crippen molar-refractivity contribution in [3.8, 4) is 23.0 Å². The van der Waals surface area contributed by atoms with E-state index in [9.17, 15) is 80.5 Å². The summed E-state index contributed by atoms with van der Waals surface area (Å²) in [5.41, 5.74) is -2.87. The van der Waals surface area contributed by atoms with Crippen molar-refractivity contribution >= 4 is 23.5 Å². The first-order chi connectivity index (χ1) is 29.5. The number of hydrogen-bond donors (Lipinski definition) is 12. The van der Waals surface area contributed by atoms with Crippen LogP contribution in [0.15, 0.2) is 60.7 Å². The van der Waals surface area contributed by atoms with Gasteiger partial charge in [-0.15, -0.1) is 0 Å². The Morgan fingerprint density at radius 2 is 0.887 bits per heavy atom. The summed E-state index contributed by atoms with van der Waals surface area (Å²) in [7, 11) is 0. The Labute approximate surface area is 348 Å². The Hall–Kier alpha value is -6.04. The Morgan fingerprint density at radius 1 is 0.516 bits per heavy atom. The lowest BCUT2D eigenvalue weighted by molar-refractivity contribution is -0.277. The molecular weight excluding hydrogens is 824 g/mol. The molecular formula is C42H38O20. The van der Waals surface area contributed by atoms with Gasteiger partial charge in [0, 0.05) is 11.8 Å². The Kier molecular flexibility index (Phi) is 11.0. The predicted molar refractivity (Wildman–Crippen MR) is 202 cm³/mol. The van der Waals surface area contributed by atoms with Gasteiger partial charge in [-0.3, -0.25) is 9.59 Å². The topological polar surface area (TPSA) is 348 Å². The largest absolute Gasteiger partial charge is 0.507 e. The van der Waals surface area contributed by atoms with Gasteiger partial charge < -0.3 is 80.2 Å². The summed E-state index contributed by atoms with van der Waals surface area (Å²) < 4.78 is 23.0. The fourth-order valence-electron chi connectivity index (χ4n) is 8.71. The lowest BCUT2D eigenvalue weighted by Crippen LogP contribution is -2.60. The highest BCUT2D eigenvalue weighted by Crippen LogP contribution is 2.56. The molecule has 0 bridgehead atoms. The first-order valence-corrected chi connectivity index (χ1v) is 19.0. The van der Waals surface area contributed by atoms with Gasteiger partial charge in [-0.2, -0.15) is 0 Å². The molecule has 20 heteroatoms. The fraction of sp³-hybridized carbons (Fsp3) is 0.333. The van der Waals surface area contributed by atoms with Crippen molar-refractivity contribution in [1.29, 1.82) is 0 Å². The Balaban J connectivity index is 1.38. The minimum atomic E-state index is -1.94. The number of hydrogen-bond acceptors (Lipinski definition) is 18. The molecule has 0 aromatic heterocycles. The summed E-state index contributed by atoms with van der Waals surface area (Å²) in [5.74, 6) is -10.1. The minimum absolute atomic E-state index is 0.00301. The summed E-state index contributed by atoms with van der Waals surface area (Å²) >= 11 is 0. The maximum Gasteiger partial charge on any atom is 0.335 e. The molecule has 2 fully saturated rings. The molecule has 20 nitrogen and oxygen atoms in total. The molecule has 0 amide bonds. The average molecular weight is 863 g/mol. The lowest BCUT2D eigenvalue weighted by Gasteiger charge is -2.41. The zero-order chi connectivity index (χ0) is 44.6. The summed E-state index contributed by atoms with van der Waals surface area (Å²) in [6.45, 7) is -1.64. The molecule has 8 rings (SSSR count). The molecule has 12 atom stereocenters. The smallest absolute Gasteiger partial charge is 0.335 e. The Morgan fingerprint density at radius 3 is 1.23 bits per heavy atom. The average Bonchev–Trinajstić information content (AvgIpc) is 3.24. The number of ether oxygens (including phenoxy) is 4. The van der Waals surface area contributed by atoms with Gasteiger partial charge in [-0.1, -0.05) is 24.3 Å². The van der Waals surface area contributed by atoms with Crippen molar-refractivity contribution in [3.05, 3.63) is 116 Å². The van der Waals surface area contributed by atoms with E-state index in [2.05, 4.69) is 0 Å². The summed E-state index contributed by atoms with van der Waals surface area (Å²) in [6.07, 6.45) is -17.7. The molecule has 4 aromatic rings. The van der Waals surface area contributed by atoms with E-state index in [4.69, 9.17) is 18.9 Å². The van der Waals surface area contributed by atoms with Crippen LogP contribution < -0.4 is 9.47 Å². The van der Waals surface area contributed by atoms with E-state index in [1.165, 1.54) is 36.4 Å². The van der Waals surface area contributed by atoms with Crippen LogP contribution in [0, 0.1) is 0 Å². The van der Waals surface area contributed by atoms with E-state index >= 15 is 0 Å². The number of fused-ring (bicyclic) bond motifs is 4. The molecule has 2 aliphatic carbocycles. The van der Waals surface area contributed by atoms with Crippen molar-refractivity contribution < 1.29 is 99.4 Å². The van der Waals surface area contributed by atoms with Crippen LogP contribution in [0.5, 0.6) is 23.0 Å². The second kappa shape index (κ2) is 16.0. The number of benzene rings is 4. The molecule has 2 aliphatic heterocycles. The van der Waals surface area contributed by atoms with Crippen LogP contribution >= 0.6 is 0 Å². The normalized spacial score (nSPS) is 30.1. The number of carbonyl (C=O) groups excluding carboxylic acids is 2. The SMILES string of the molecule is O=C(O)c1cc(O)c2c(c1)C(C1c3cc(C(=O)O)cc(O)c3C(=O)c3c(O[C@@H]4O[C@H](CO)C(O)C(O)[C@H]4O)cccc31)c1cccc(O[C@@H]3O[C@H](CO)[C@@H](O)[C@@H](O)[C@H]3O)c1C2=O. The maximum atomic E-state index is 14.7. The van der Waals surface area contributed by atoms with Crippen molar-refractivity contribution in [2.45, 2.75) is 73.2 Å². The number of carbonyl (C=O) groups is 4. The van der Waals surface area contributed by atoms with Gasteiger partial charge in [-0.05, 0) is 58.7 Å². The molecule has 4 aromatic carbocycles. The minimum Gasteiger partial charge on any atom is -0.507 e. The predicted octanol–water partition coefficient (Wildman–Crippen LogP) is -1.10. The van der Waals surface area contributed by atoms with Crippen LogP contribution in [-0.4, -0.2) is 159 Å². The number of ketones is 2. The monoisotopic (exact) mass is 862 g/mol. The third kappa shape index (κ3) is 6.73. The number of carboxylic acid groups (broad SMARTS) is 2. The van der Waals surface area contributed by atoms with Crippen LogP contribution in [-0.2, 0) is 9.47 Å². The number of phenolic OH excluding ortho intramolecular Hbond substituents is 2. The van der Waals surface area contributed by atoms with E-state index in [1.54, 1.807) is 0 Å². The molecule has 4 aliphatic rings. The molecule has 0 saturated carbocycles. The zero-order valence-electron chi connectivity index (χ0n) is 31.7. The van der Waals surface area contributed by atoms with Gasteiger partial charge in [-0.25, -0.2) is 9.59 Å². The van der Waals surface area contributed by atoms with Crippen molar-refractivity contribution in [2.75, 3.05) is 13.2 Å². The number of aromatic carboxylic acids is 2. The maximum absolute atomic E-state index is 14.7. The molecule has 0 spiro atoms. The van der Waals surface area contributed by atoms with Crippen LogP contribution in [0.4, 0.5) is 0 Å². The van der Waals surface area contributed by atoms with Gasteiger partial charge in [0.05, 0.1) is 46.6 Å². The molecule has 2 saturated heterocycles. The Bertz CT molecular complexity index is 2330. The second-order valence-electron chi connectivity index (χ2n) is 15.2. The molecule has 4 unspecified atom stereocenters. The van der Waals surface area contributed by atoms with Gasteiger partial charge in [0.2, 0.25) is 24.1 Å². The first kappa shape index (κ1) is 42.6. The van der Waals surface area contributed by atoms with E-state index in [0.29, 0.717) is 0 Å². The van der Waals surface area contributed by atoms with Gasteiger partial charge in [0.1, 0.15) is 71.8 Å². The number of rotatable bonds is 9. The number of aliphatic hydroxyl groups excluding tert-OH is 8. The van der Waals surface area contributed by atoms with Crippen LogP contribution in [0.25, 0.3) is 0 Å². The van der Waals surface area contributed by atoms with Crippen molar-refractivity contribution in [2.24, 2.45) is 0 Å². The van der Waals surface area contributed by atoms with Gasteiger partial charge in [0.15, 0.2) is 0 Å². The third-order valence-electron chi connectivity index (χ3n) is 11.7. The number of aliphatic hydroxyl groups is 8. The van der Waals surface area contributed by atoms with Crippen LogP contribution in [0.1, 0.15) is 86.6 Å². The molecule has 12 N–H and O–H groups in total. The highest BCUT2D eigenvalue weighted by Gasteiger charge is 2.50. The second-order valence-corrected chi connectivity index (χ2v) is 15.2. The first-order valence-electron chi connectivity index (χ1n) is 19.0. The van der Waals surface area contributed by atoms with Crippen molar-refractivity contribution in [1.82, 2.24) is 0 Å². The van der Waals surface area contributed by atoms with Crippen molar-refractivity contribution in [3.63, 3.8) is 0 Å². The highest BCUT2D eigenvalue weighted by atomic mass is 16.7. The molecule has 326 valence electrons. The molecule has 62 heavy (non-hydrogen) atoms. The summed E-state index contributed by atoms with van der Waals surface area (Å²) in [4.78, 5) is 54.2. The fourth-order valence-corrected chi connectivity index (χ4v) is 8.71. The van der Waals surface area contributed by atoms with E-state index in [1.807, 2.05) is 0 Å². The quantitative estimate of drug-likeness (QED) is 0.0950. The zero-order valence-corrected chi connectivity index (χ0v) is 31.7.